The summed E-state index contributed by atoms with van der Waals surface area (Å²) in [6.07, 6.45) is 0. The third-order valence-electron chi connectivity index (χ3n) is 10.0. The Morgan fingerprint density at radius 2 is 0.865 bits per heavy atom. The molecule has 0 aliphatic carbocycles. The first kappa shape index (κ1) is 29.0. The Bertz CT molecular complexity index is 2990. The van der Waals surface area contributed by atoms with Crippen LogP contribution in [0.3, 0.4) is 0 Å². The Labute approximate surface area is 301 Å². The fourth-order valence-electron chi connectivity index (χ4n) is 7.59. The van der Waals surface area contributed by atoms with Crippen LogP contribution in [0.2, 0.25) is 0 Å². The maximum absolute atomic E-state index is 6.53. The monoisotopic (exact) mass is 685 g/mol. The van der Waals surface area contributed by atoms with Gasteiger partial charge in [-0.25, -0.2) is 0 Å². The lowest BCUT2D eigenvalue weighted by Crippen LogP contribution is -2.09. The highest BCUT2D eigenvalue weighted by atomic mass is 32.1. The van der Waals surface area contributed by atoms with Crippen molar-refractivity contribution in [3.8, 4) is 21.1 Å². The number of furan rings is 2. The Morgan fingerprint density at radius 3 is 1.42 bits per heavy atom. The summed E-state index contributed by atoms with van der Waals surface area (Å²) in [6.45, 7) is 0. The third kappa shape index (κ3) is 4.55. The van der Waals surface area contributed by atoms with Gasteiger partial charge in [0, 0.05) is 61.9 Å². The van der Waals surface area contributed by atoms with Gasteiger partial charge in [0.2, 0.25) is 0 Å². The highest BCUT2D eigenvalue weighted by Crippen LogP contribution is 2.43. The summed E-state index contributed by atoms with van der Waals surface area (Å²) in [4.78, 5) is 2.26. The fraction of sp³-hybridized carbons (Fsp3) is 0. The zero-order valence-electron chi connectivity index (χ0n) is 27.7. The van der Waals surface area contributed by atoms with Crippen molar-refractivity contribution in [2.24, 2.45) is 0 Å². The van der Waals surface area contributed by atoms with Crippen molar-refractivity contribution in [2.45, 2.75) is 0 Å². The molecule has 0 atom stereocenters. The molecule has 0 fully saturated rings. The molecule has 0 saturated carbocycles. The van der Waals surface area contributed by atoms with Gasteiger partial charge in [0.05, 0.1) is 0 Å². The molecule has 244 valence electrons. The van der Waals surface area contributed by atoms with Crippen LogP contribution in [0, 0.1) is 0 Å². The van der Waals surface area contributed by atoms with E-state index in [1.165, 1.54) is 21.5 Å². The van der Waals surface area contributed by atoms with E-state index >= 15 is 0 Å². The SMILES string of the molecule is c1ccc(-c2nnc(-c3ccc(N(c4ccc5c(c4)oc4ccc6ccccc6c45)c4ccc5c(c4)oc4ccc6ccccc6c45)cc3)s2)cc1. The van der Waals surface area contributed by atoms with Crippen LogP contribution in [-0.4, -0.2) is 10.2 Å². The fourth-order valence-corrected chi connectivity index (χ4v) is 8.44. The number of nitrogens with zero attached hydrogens (tertiary/aromatic N) is 3. The number of benzene rings is 8. The van der Waals surface area contributed by atoms with Gasteiger partial charge in [-0.2, -0.15) is 0 Å². The van der Waals surface area contributed by atoms with Crippen molar-refractivity contribution < 1.29 is 8.83 Å². The number of rotatable bonds is 5. The van der Waals surface area contributed by atoms with Crippen molar-refractivity contribution in [1.29, 1.82) is 0 Å². The number of aromatic nitrogens is 2. The van der Waals surface area contributed by atoms with Gasteiger partial charge in [-0.3, -0.25) is 0 Å². The molecule has 8 aromatic carbocycles. The molecule has 0 unspecified atom stereocenters. The van der Waals surface area contributed by atoms with Gasteiger partial charge in [0.25, 0.3) is 0 Å². The Hall–Kier alpha value is -6.76. The van der Waals surface area contributed by atoms with Crippen LogP contribution in [0.1, 0.15) is 0 Å². The van der Waals surface area contributed by atoms with Gasteiger partial charge < -0.3 is 13.7 Å². The lowest BCUT2D eigenvalue weighted by molar-refractivity contribution is 0.669. The molecule has 11 aromatic rings. The van der Waals surface area contributed by atoms with Crippen molar-refractivity contribution in [3.63, 3.8) is 0 Å². The molecule has 0 bridgehead atoms. The minimum atomic E-state index is 0.837. The quantitative estimate of drug-likeness (QED) is 0.180. The lowest BCUT2D eigenvalue weighted by atomic mass is 10.0. The molecule has 11 rings (SSSR count). The molecule has 5 nitrogen and oxygen atoms in total. The summed E-state index contributed by atoms with van der Waals surface area (Å²) in [7, 11) is 0. The van der Waals surface area contributed by atoms with Crippen LogP contribution in [0.25, 0.3) is 86.6 Å². The summed E-state index contributed by atoms with van der Waals surface area (Å²) in [5, 5.41) is 20.0. The predicted octanol–water partition coefficient (Wildman–Crippen LogP) is 13.4. The van der Waals surface area contributed by atoms with E-state index in [0.717, 1.165) is 82.1 Å². The van der Waals surface area contributed by atoms with Crippen molar-refractivity contribution >= 4 is 93.8 Å². The van der Waals surface area contributed by atoms with Gasteiger partial charge in [0.1, 0.15) is 32.3 Å². The van der Waals surface area contributed by atoms with E-state index < -0.39 is 0 Å². The summed E-state index contributed by atoms with van der Waals surface area (Å²) < 4.78 is 13.1. The van der Waals surface area contributed by atoms with Crippen molar-refractivity contribution in [1.82, 2.24) is 10.2 Å². The predicted molar refractivity (Wildman–Crippen MR) is 215 cm³/mol. The van der Waals surface area contributed by atoms with Gasteiger partial charge in [-0.1, -0.05) is 102 Å². The number of hydrogen-bond donors (Lipinski definition) is 0. The van der Waals surface area contributed by atoms with Crippen LogP contribution in [0.4, 0.5) is 17.1 Å². The largest absolute Gasteiger partial charge is 0.456 e. The second-order valence-corrected chi connectivity index (χ2v) is 14.0. The van der Waals surface area contributed by atoms with E-state index in [2.05, 4.69) is 161 Å². The molecule has 0 aliphatic heterocycles. The molecule has 0 saturated heterocycles. The van der Waals surface area contributed by atoms with E-state index in [1.807, 2.05) is 18.2 Å². The second-order valence-electron chi connectivity index (χ2n) is 13.0. The van der Waals surface area contributed by atoms with E-state index in [9.17, 15) is 0 Å². The van der Waals surface area contributed by atoms with Crippen LogP contribution >= 0.6 is 11.3 Å². The Kier molecular flexibility index (Phi) is 6.35. The topological polar surface area (TPSA) is 55.3 Å². The Morgan fingerprint density at radius 1 is 0.385 bits per heavy atom. The van der Waals surface area contributed by atoms with Crippen molar-refractivity contribution in [2.75, 3.05) is 4.90 Å². The Balaban J connectivity index is 1.07. The van der Waals surface area contributed by atoms with E-state index in [-0.39, 0.29) is 0 Å². The van der Waals surface area contributed by atoms with Gasteiger partial charge in [0.15, 0.2) is 0 Å². The molecule has 52 heavy (non-hydrogen) atoms. The second kappa shape index (κ2) is 11.4. The molecule has 0 amide bonds. The highest BCUT2D eigenvalue weighted by Gasteiger charge is 2.19. The van der Waals surface area contributed by atoms with Crippen LogP contribution in [-0.2, 0) is 0 Å². The molecule has 6 heteroatoms. The molecule has 3 aromatic heterocycles. The lowest BCUT2D eigenvalue weighted by Gasteiger charge is -2.25. The summed E-state index contributed by atoms with van der Waals surface area (Å²) in [5.74, 6) is 0. The maximum atomic E-state index is 6.53. The third-order valence-corrected chi connectivity index (χ3v) is 11.0. The maximum Gasteiger partial charge on any atom is 0.148 e. The average molecular weight is 686 g/mol. The zero-order valence-corrected chi connectivity index (χ0v) is 28.5. The van der Waals surface area contributed by atoms with E-state index in [4.69, 9.17) is 8.83 Å². The van der Waals surface area contributed by atoms with Gasteiger partial charge in [-0.15, -0.1) is 10.2 Å². The summed E-state index contributed by atoms with van der Waals surface area (Å²) >= 11 is 1.59. The number of fused-ring (bicyclic) bond motifs is 10. The zero-order chi connectivity index (χ0) is 34.2. The average Bonchev–Trinajstić information content (AvgIpc) is 3.94. The van der Waals surface area contributed by atoms with E-state index in [0.29, 0.717) is 0 Å². The molecule has 3 heterocycles. The molecular weight excluding hydrogens is 659 g/mol. The number of anilines is 3. The van der Waals surface area contributed by atoms with Crippen LogP contribution in [0.15, 0.2) is 173 Å². The molecule has 0 N–H and O–H groups in total. The number of hydrogen-bond acceptors (Lipinski definition) is 6. The molecule has 0 spiro atoms. The molecule has 0 aliphatic rings. The van der Waals surface area contributed by atoms with Crippen LogP contribution < -0.4 is 4.90 Å². The first-order chi connectivity index (χ1) is 25.7. The van der Waals surface area contributed by atoms with E-state index in [1.54, 1.807) is 11.3 Å². The molecular formula is C46H27N3O2S. The molecule has 0 radical (unpaired) electrons. The standard InChI is InChI=1S/C46H27N3O2S/c1-2-10-30(11-3-1)45-47-48-46(52-45)31-14-18-32(19-15-31)49(33-20-22-37-41(26-33)50-39-24-16-28-8-4-6-12-35(28)43(37)39)34-21-23-38-42(27-34)51-40-25-17-29-9-5-7-13-36(29)44(38)40/h1-27H. The highest BCUT2D eigenvalue weighted by molar-refractivity contribution is 7.17. The van der Waals surface area contributed by atoms with Crippen molar-refractivity contribution in [3.05, 3.63) is 164 Å². The first-order valence-electron chi connectivity index (χ1n) is 17.2. The normalized spacial score (nSPS) is 11.8. The van der Waals surface area contributed by atoms with Crippen LogP contribution in [0.5, 0.6) is 0 Å². The van der Waals surface area contributed by atoms with Gasteiger partial charge in [-0.05, 0) is 82.2 Å². The first-order valence-corrected chi connectivity index (χ1v) is 18.0. The minimum absolute atomic E-state index is 0.837. The van der Waals surface area contributed by atoms with Gasteiger partial charge >= 0.3 is 0 Å². The summed E-state index contributed by atoms with van der Waals surface area (Å²) in [5.41, 5.74) is 8.47. The minimum Gasteiger partial charge on any atom is -0.456 e. The summed E-state index contributed by atoms with van der Waals surface area (Å²) in [6, 6.07) is 57.1. The smallest absolute Gasteiger partial charge is 0.148 e.